The van der Waals surface area contributed by atoms with Crippen molar-refractivity contribution in [2.24, 2.45) is 5.92 Å². The third-order valence-electron chi connectivity index (χ3n) is 4.57. The third kappa shape index (κ3) is 6.63. The first-order valence-corrected chi connectivity index (χ1v) is 9.53. The van der Waals surface area contributed by atoms with Crippen molar-refractivity contribution in [3.8, 4) is 11.5 Å². The Morgan fingerprint density at radius 1 is 1.00 bits per heavy atom. The summed E-state index contributed by atoms with van der Waals surface area (Å²) in [5.41, 5.74) is -0.248. The van der Waals surface area contributed by atoms with Gasteiger partial charge in [0, 0.05) is 18.2 Å². The average Bonchev–Trinajstić information content (AvgIpc) is 2.74. The van der Waals surface area contributed by atoms with Crippen LogP contribution < -0.4 is 20.1 Å². The normalized spacial score (nSPS) is 12.3. The molecule has 9 heteroatoms. The van der Waals surface area contributed by atoms with Crippen molar-refractivity contribution in [2.75, 3.05) is 14.2 Å². The summed E-state index contributed by atoms with van der Waals surface area (Å²) in [6.45, 7) is 3.40. The Kier molecular flexibility index (Phi) is 7.90. The second-order valence-electron chi connectivity index (χ2n) is 7.21. The summed E-state index contributed by atoms with van der Waals surface area (Å²) >= 11 is 0. The van der Waals surface area contributed by atoms with Gasteiger partial charge in [0.05, 0.1) is 19.8 Å². The van der Waals surface area contributed by atoms with Crippen LogP contribution in [-0.4, -0.2) is 32.1 Å². The smallest absolute Gasteiger partial charge is 0.416 e. The van der Waals surface area contributed by atoms with Crippen LogP contribution in [0.2, 0.25) is 0 Å². The van der Waals surface area contributed by atoms with Gasteiger partial charge in [-0.3, -0.25) is 9.59 Å². The summed E-state index contributed by atoms with van der Waals surface area (Å²) in [7, 11) is 2.91. The molecule has 0 radical (unpaired) electrons. The largest absolute Gasteiger partial charge is 0.497 e. The van der Waals surface area contributed by atoms with E-state index in [1.165, 1.54) is 38.5 Å². The maximum Gasteiger partial charge on any atom is 0.416 e. The Balaban J connectivity index is 2.10. The van der Waals surface area contributed by atoms with Crippen LogP contribution in [0.15, 0.2) is 42.5 Å². The Labute approximate surface area is 178 Å². The monoisotopic (exact) mass is 438 g/mol. The molecule has 2 rings (SSSR count). The van der Waals surface area contributed by atoms with E-state index < -0.39 is 29.6 Å². The zero-order valence-electron chi connectivity index (χ0n) is 17.7. The van der Waals surface area contributed by atoms with Gasteiger partial charge >= 0.3 is 6.18 Å². The van der Waals surface area contributed by atoms with Crippen LogP contribution in [0.5, 0.6) is 11.5 Å². The first kappa shape index (κ1) is 24.0. The van der Waals surface area contributed by atoms with Crippen LogP contribution in [0.3, 0.4) is 0 Å². The molecule has 0 bridgehead atoms. The molecule has 0 heterocycles. The molecule has 2 N–H and O–H groups in total. The second-order valence-corrected chi connectivity index (χ2v) is 7.21. The fourth-order valence-electron chi connectivity index (χ4n) is 2.85. The van der Waals surface area contributed by atoms with Crippen molar-refractivity contribution in [2.45, 2.75) is 32.6 Å². The molecule has 2 amide bonds. The summed E-state index contributed by atoms with van der Waals surface area (Å²) in [6.07, 6.45) is -4.47. The lowest BCUT2D eigenvalue weighted by Crippen LogP contribution is -2.49. The number of nitrogens with one attached hydrogen (secondary N) is 2. The number of ether oxygens (including phenoxy) is 2. The maximum atomic E-state index is 12.9. The van der Waals surface area contributed by atoms with Gasteiger partial charge in [-0.25, -0.2) is 0 Å². The molecule has 1 atom stereocenters. The third-order valence-corrected chi connectivity index (χ3v) is 4.57. The molecule has 0 saturated heterocycles. The molecule has 0 aromatic heterocycles. The summed E-state index contributed by atoms with van der Waals surface area (Å²) in [6, 6.07) is 8.44. The van der Waals surface area contributed by atoms with E-state index >= 15 is 0 Å². The van der Waals surface area contributed by atoms with Gasteiger partial charge in [0.2, 0.25) is 5.91 Å². The van der Waals surface area contributed by atoms with E-state index in [2.05, 4.69) is 10.6 Å². The molecule has 2 aromatic carbocycles. The quantitative estimate of drug-likeness (QED) is 0.658. The molecular formula is C22H25F3N2O4. The summed E-state index contributed by atoms with van der Waals surface area (Å²) < 4.78 is 48.9. The van der Waals surface area contributed by atoms with Gasteiger partial charge in [0.25, 0.3) is 5.91 Å². The molecule has 6 nitrogen and oxygen atoms in total. The van der Waals surface area contributed by atoms with E-state index in [0.717, 1.165) is 12.1 Å². The van der Waals surface area contributed by atoms with Crippen molar-refractivity contribution in [3.63, 3.8) is 0 Å². The van der Waals surface area contributed by atoms with E-state index in [1.807, 2.05) is 0 Å². The van der Waals surface area contributed by atoms with Gasteiger partial charge in [0.15, 0.2) is 0 Å². The zero-order valence-corrected chi connectivity index (χ0v) is 17.7. The minimum atomic E-state index is -4.47. The van der Waals surface area contributed by atoms with Gasteiger partial charge in [-0.2, -0.15) is 13.2 Å². The van der Waals surface area contributed by atoms with Crippen LogP contribution in [0.25, 0.3) is 0 Å². The number of alkyl halides is 3. The second kappa shape index (κ2) is 10.2. The Morgan fingerprint density at radius 2 is 1.61 bits per heavy atom. The minimum Gasteiger partial charge on any atom is -0.497 e. The first-order valence-electron chi connectivity index (χ1n) is 9.53. The number of hydrogen-bond donors (Lipinski definition) is 2. The number of methoxy groups -OCH3 is 2. The molecule has 0 saturated carbocycles. The molecule has 168 valence electrons. The van der Waals surface area contributed by atoms with Gasteiger partial charge in [-0.05, 0) is 35.7 Å². The molecule has 2 aromatic rings. The van der Waals surface area contributed by atoms with Crippen molar-refractivity contribution in [3.05, 3.63) is 59.2 Å². The Morgan fingerprint density at radius 3 is 2.13 bits per heavy atom. The first-order chi connectivity index (χ1) is 14.5. The standard InChI is InChI=1S/C22H25F3N2O4/c1-13(2)19(27-20(28)15-9-17(30-3)11-18(10-15)31-4)21(29)26-12-14-6-5-7-16(8-14)22(23,24)25/h5-11,13,19H,12H2,1-4H3,(H,26,29)(H,27,28). The molecule has 0 aliphatic rings. The number of carbonyl (C=O) groups excluding carboxylic acids is 2. The summed E-state index contributed by atoms with van der Waals surface area (Å²) in [5, 5.41) is 5.26. The number of halogens is 3. The highest BCUT2D eigenvalue weighted by atomic mass is 19.4. The summed E-state index contributed by atoms with van der Waals surface area (Å²) in [4.78, 5) is 25.4. The van der Waals surface area contributed by atoms with E-state index in [-0.39, 0.29) is 18.0 Å². The van der Waals surface area contributed by atoms with Crippen LogP contribution in [0, 0.1) is 5.92 Å². The number of benzene rings is 2. The van der Waals surface area contributed by atoms with E-state index in [9.17, 15) is 22.8 Å². The fraction of sp³-hybridized carbons (Fsp3) is 0.364. The van der Waals surface area contributed by atoms with E-state index in [1.54, 1.807) is 19.9 Å². The molecular weight excluding hydrogens is 413 g/mol. The van der Waals surface area contributed by atoms with Crippen LogP contribution in [-0.2, 0) is 17.5 Å². The van der Waals surface area contributed by atoms with Gasteiger partial charge in [0.1, 0.15) is 17.5 Å². The van der Waals surface area contributed by atoms with Gasteiger partial charge in [-0.1, -0.05) is 26.0 Å². The predicted molar refractivity (Wildman–Crippen MR) is 109 cm³/mol. The minimum absolute atomic E-state index is 0.102. The maximum absolute atomic E-state index is 12.9. The molecule has 0 spiro atoms. The lowest BCUT2D eigenvalue weighted by atomic mass is 10.0. The van der Waals surface area contributed by atoms with Crippen molar-refractivity contribution >= 4 is 11.8 Å². The van der Waals surface area contributed by atoms with E-state index in [4.69, 9.17) is 9.47 Å². The molecule has 0 aliphatic carbocycles. The van der Waals surface area contributed by atoms with Crippen molar-refractivity contribution in [1.29, 1.82) is 0 Å². The lowest BCUT2D eigenvalue weighted by molar-refractivity contribution is -0.137. The highest BCUT2D eigenvalue weighted by molar-refractivity contribution is 5.98. The topological polar surface area (TPSA) is 76.7 Å². The molecule has 0 fully saturated rings. The highest BCUT2D eigenvalue weighted by Gasteiger charge is 2.30. The van der Waals surface area contributed by atoms with Crippen LogP contribution >= 0.6 is 0 Å². The Hall–Kier alpha value is -3.23. The number of rotatable bonds is 8. The van der Waals surface area contributed by atoms with Crippen molar-refractivity contribution < 1.29 is 32.2 Å². The molecule has 0 aliphatic heterocycles. The van der Waals surface area contributed by atoms with Crippen LogP contribution in [0.1, 0.15) is 35.3 Å². The zero-order chi connectivity index (χ0) is 23.2. The fourth-order valence-corrected chi connectivity index (χ4v) is 2.85. The summed E-state index contributed by atoms with van der Waals surface area (Å²) in [5.74, 6) is -0.446. The van der Waals surface area contributed by atoms with E-state index in [0.29, 0.717) is 17.1 Å². The predicted octanol–water partition coefficient (Wildman–Crippen LogP) is 3.79. The molecule has 1 unspecified atom stereocenters. The van der Waals surface area contributed by atoms with Gasteiger partial charge in [-0.15, -0.1) is 0 Å². The number of amides is 2. The lowest BCUT2D eigenvalue weighted by Gasteiger charge is -2.22. The average molecular weight is 438 g/mol. The molecule has 31 heavy (non-hydrogen) atoms. The highest BCUT2D eigenvalue weighted by Crippen LogP contribution is 2.29. The van der Waals surface area contributed by atoms with Gasteiger partial charge < -0.3 is 20.1 Å². The van der Waals surface area contributed by atoms with Crippen LogP contribution in [0.4, 0.5) is 13.2 Å². The SMILES string of the molecule is COc1cc(OC)cc(C(=O)NC(C(=O)NCc2cccc(C(F)(F)F)c2)C(C)C)c1. The number of carbonyl (C=O) groups is 2. The Bertz CT molecular complexity index is 907. The van der Waals surface area contributed by atoms with Crippen molar-refractivity contribution in [1.82, 2.24) is 10.6 Å². The number of hydrogen-bond acceptors (Lipinski definition) is 4.